The summed E-state index contributed by atoms with van der Waals surface area (Å²) in [5.41, 5.74) is 0. The lowest BCUT2D eigenvalue weighted by Gasteiger charge is -2.25. The molecule has 0 saturated heterocycles. The second kappa shape index (κ2) is 6.49. The topological polar surface area (TPSA) is 89.1 Å². The number of amides is 1. The molecule has 1 aromatic heterocycles. The van der Waals surface area contributed by atoms with Gasteiger partial charge >= 0.3 is 0 Å². The van der Waals surface area contributed by atoms with Crippen LogP contribution in [0.2, 0.25) is 0 Å². The van der Waals surface area contributed by atoms with E-state index in [-0.39, 0.29) is 12.5 Å². The van der Waals surface area contributed by atoms with Crippen LogP contribution in [-0.2, 0) is 4.79 Å². The Bertz CT molecular complexity index is 605. The lowest BCUT2D eigenvalue weighted by atomic mass is 10.2. The molecule has 0 bridgehead atoms. The quantitative estimate of drug-likeness (QED) is 0.629. The summed E-state index contributed by atoms with van der Waals surface area (Å²) in [5, 5.41) is 13.8. The molecule has 7 nitrogen and oxygen atoms in total. The Labute approximate surface area is 125 Å². The molecule has 0 fully saturated rings. The highest BCUT2D eigenvalue weighted by Gasteiger charge is 2.26. The smallest absolute Gasteiger partial charge is 0.264 e. The van der Waals surface area contributed by atoms with Gasteiger partial charge in [0.1, 0.15) is 11.6 Å². The standard InChI is InChI=1S/C13H14N4O3S/c18-13(14-5-6-21-12-7-15-17-16-12)11-8-19-9-3-1-2-4-10(9)20-11/h1-4,7,11H,5-6,8H2,(H,14,18)(H,15,16,17)/t11-/m1/s1. The first kappa shape index (κ1) is 13.7. The average molecular weight is 306 g/mol. The number of ether oxygens (including phenoxy) is 2. The van der Waals surface area contributed by atoms with Crippen molar-refractivity contribution in [2.75, 3.05) is 18.9 Å². The molecular weight excluding hydrogens is 292 g/mol. The minimum Gasteiger partial charge on any atom is -0.485 e. The molecule has 2 aromatic rings. The molecule has 1 amide bonds. The number of para-hydroxylation sites is 2. The number of carbonyl (C=O) groups excluding carboxylic acids is 1. The number of benzene rings is 1. The van der Waals surface area contributed by atoms with Crippen LogP contribution in [0.15, 0.2) is 35.5 Å². The Morgan fingerprint density at radius 2 is 2.29 bits per heavy atom. The zero-order valence-corrected chi connectivity index (χ0v) is 11.9. The molecule has 8 heteroatoms. The van der Waals surface area contributed by atoms with Crippen molar-refractivity contribution in [2.45, 2.75) is 11.1 Å². The average Bonchev–Trinajstić information content (AvgIpc) is 3.04. The van der Waals surface area contributed by atoms with E-state index in [0.717, 1.165) is 5.03 Å². The lowest BCUT2D eigenvalue weighted by Crippen LogP contribution is -2.44. The van der Waals surface area contributed by atoms with Gasteiger partial charge in [0.25, 0.3) is 5.91 Å². The third-order valence-electron chi connectivity index (χ3n) is 2.85. The number of carbonyl (C=O) groups is 1. The van der Waals surface area contributed by atoms with Gasteiger partial charge in [0.2, 0.25) is 6.10 Å². The maximum absolute atomic E-state index is 12.0. The van der Waals surface area contributed by atoms with E-state index in [1.54, 1.807) is 12.3 Å². The predicted octanol–water partition coefficient (Wildman–Crippen LogP) is 0.853. The number of nitrogens with zero attached hydrogens (tertiary/aromatic N) is 2. The highest BCUT2D eigenvalue weighted by Crippen LogP contribution is 2.30. The summed E-state index contributed by atoms with van der Waals surface area (Å²) in [4.78, 5) is 12.0. The molecule has 0 spiro atoms. The van der Waals surface area contributed by atoms with Crippen LogP contribution in [0.4, 0.5) is 0 Å². The first-order chi connectivity index (χ1) is 10.3. The minimum atomic E-state index is -0.614. The summed E-state index contributed by atoms with van der Waals surface area (Å²) >= 11 is 1.51. The molecule has 0 radical (unpaired) electrons. The van der Waals surface area contributed by atoms with E-state index in [9.17, 15) is 4.79 Å². The number of thioether (sulfide) groups is 1. The fourth-order valence-electron chi connectivity index (χ4n) is 1.85. The number of rotatable bonds is 5. The Morgan fingerprint density at radius 3 is 3.10 bits per heavy atom. The van der Waals surface area contributed by atoms with Crippen molar-refractivity contribution in [1.82, 2.24) is 20.7 Å². The first-order valence-corrected chi connectivity index (χ1v) is 7.46. The van der Waals surface area contributed by atoms with Gasteiger partial charge in [-0.05, 0) is 12.1 Å². The van der Waals surface area contributed by atoms with Gasteiger partial charge in [0, 0.05) is 12.3 Å². The maximum atomic E-state index is 12.0. The summed E-state index contributed by atoms with van der Waals surface area (Å²) in [5.74, 6) is 1.80. The molecule has 0 saturated carbocycles. The van der Waals surface area contributed by atoms with Gasteiger partial charge in [0.05, 0.1) is 6.20 Å². The van der Waals surface area contributed by atoms with Gasteiger partial charge < -0.3 is 14.8 Å². The van der Waals surface area contributed by atoms with Crippen molar-refractivity contribution in [2.24, 2.45) is 0 Å². The summed E-state index contributed by atoms with van der Waals surface area (Å²) < 4.78 is 11.1. The van der Waals surface area contributed by atoms with Crippen LogP contribution in [0.1, 0.15) is 0 Å². The second-order valence-electron chi connectivity index (χ2n) is 4.31. The van der Waals surface area contributed by atoms with Crippen molar-refractivity contribution < 1.29 is 14.3 Å². The van der Waals surface area contributed by atoms with Gasteiger partial charge in [-0.1, -0.05) is 12.1 Å². The van der Waals surface area contributed by atoms with E-state index in [2.05, 4.69) is 20.7 Å². The summed E-state index contributed by atoms with van der Waals surface area (Å²) in [6.07, 6.45) is 1.03. The third-order valence-corrected chi connectivity index (χ3v) is 3.75. The zero-order valence-electron chi connectivity index (χ0n) is 11.1. The molecule has 110 valence electrons. The fourth-order valence-corrected chi connectivity index (χ4v) is 2.50. The summed E-state index contributed by atoms with van der Waals surface area (Å²) in [6.45, 7) is 0.747. The van der Waals surface area contributed by atoms with Crippen molar-refractivity contribution in [3.05, 3.63) is 30.5 Å². The van der Waals surface area contributed by atoms with Gasteiger partial charge in [-0.25, -0.2) is 0 Å². The van der Waals surface area contributed by atoms with Crippen molar-refractivity contribution in [3.8, 4) is 11.5 Å². The SMILES string of the molecule is O=C(NCCSc1cn[nH]n1)[C@H]1COc2ccccc2O1. The molecule has 0 unspecified atom stereocenters. The zero-order chi connectivity index (χ0) is 14.5. The Hall–Kier alpha value is -2.22. The molecule has 21 heavy (non-hydrogen) atoms. The van der Waals surface area contributed by atoms with Gasteiger partial charge in [-0.15, -0.1) is 16.9 Å². The third kappa shape index (κ3) is 3.46. The number of aromatic nitrogens is 3. The number of hydrogen-bond donors (Lipinski definition) is 2. The molecule has 3 rings (SSSR count). The first-order valence-electron chi connectivity index (χ1n) is 6.48. The summed E-state index contributed by atoms with van der Waals surface area (Å²) in [7, 11) is 0. The Balaban J connectivity index is 1.44. The van der Waals surface area contributed by atoms with Crippen LogP contribution >= 0.6 is 11.8 Å². The molecule has 1 aromatic carbocycles. The fraction of sp³-hybridized carbons (Fsp3) is 0.308. The Kier molecular flexibility index (Phi) is 4.25. The van der Waals surface area contributed by atoms with E-state index >= 15 is 0 Å². The number of H-pyrrole nitrogens is 1. The maximum Gasteiger partial charge on any atom is 0.264 e. The van der Waals surface area contributed by atoms with Crippen molar-refractivity contribution in [3.63, 3.8) is 0 Å². The van der Waals surface area contributed by atoms with E-state index in [1.165, 1.54) is 11.8 Å². The minimum absolute atomic E-state index is 0.176. The molecule has 1 aliphatic heterocycles. The van der Waals surface area contributed by atoms with Crippen molar-refractivity contribution in [1.29, 1.82) is 0 Å². The van der Waals surface area contributed by atoms with Gasteiger partial charge in [-0.2, -0.15) is 10.3 Å². The predicted molar refractivity (Wildman–Crippen MR) is 76.5 cm³/mol. The molecule has 2 N–H and O–H groups in total. The largest absolute Gasteiger partial charge is 0.485 e. The highest BCUT2D eigenvalue weighted by atomic mass is 32.2. The van der Waals surface area contributed by atoms with E-state index < -0.39 is 6.10 Å². The molecule has 1 atom stereocenters. The van der Waals surface area contributed by atoms with Crippen LogP contribution in [0.5, 0.6) is 11.5 Å². The number of nitrogens with one attached hydrogen (secondary N) is 2. The van der Waals surface area contributed by atoms with Crippen LogP contribution in [0.25, 0.3) is 0 Å². The summed E-state index contributed by atoms with van der Waals surface area (Å²) in [6, 6.07) is 7.31. The van der Waals surface area contributed by atoms with Crippen molar-refractivity contribution >= 4 is 17.7 Å². The van der Waals surface area contributed by atoms with E-state index in [4.69, 9.17) is 9.47 Å². The van der Waals surface area contributed by atoms with Crippen LogP contribution < -0.4 is 14.8 Å². The van der Waals surface area contributed by atoms with Gasteiger partial charge in [0.15, 0.2) is 11.5 Å². The number of fused-ring (bicyclic) bond motifs is 1. The number of aromatic amines is 1. The van der Waals surface area contributed by atoms with E-state index in [0.29, 0.717) is 23.8 Å². The molecular formula is C13H14N4O3S. The number of hydrogen-bond acceptors (Lipinski definition) is 6. The highest BCUT2D eigenvalue weighted by molar-refractivity contribution is 7.99. The molecule has 1 aliphatic rings. The normalized spacial score (nSPS) is 16.5. The van der Waals surface area contributed by atoms with Crippen LogP contribution in [0.3, 0.4) is 0 Å². The Morgan fingerprint density at radius 1 is 1.43 bits per heavy atom. The van der Waals surface area contributed by atoms with Crippen LogP contribution in [0, 0.1) is 0 Å². The molecule has 2 heterocycles. The second-order valence-corrected chi connectivity index (χ2v) is 5.43. The monoisotopic (exact) mass is 306 g/mol. The lowest BCUT2D eigenvalue weighted by molar-refractivity contribution is -0.130. The van der Waals surface area contributed by atoms with Gasteiger partial charge in [-0.3, -0.25) is 4.79 Å². The van der Waals surface area contributed by atoms with E-state index in [1.807, 2.05) is 18.2 Å². The van der Waals surface area contributed by atoms with Crippen LogP contribution in [-0.4, -0.2) is 46.3 Å². The molecule has 0 aliphatic carbocycles.